The van der Waals surface area contributed by atoms with Crippen LogP contribution < -0.4 is 9.80 Å². The molecule has 0 atom stereocenters. The van der Waals surface area contributed by atoms with Gasteiger partial charge in [0.15, 0.2) is 5.82 Å². The highest BCUT2D eigenvalue weighted by Gasteiger charge is 2.22. The van der Waals surface area contributed by atoms with Gasteiger partial charge in [-0.15, -0.1) is 0 Å². The van der Waals surface area contributed by atoms with Crippen LogP contribution in [0.4, 0.5) is 11.5 Å². The van der Waals surface area contributed by atoms with Crippen LogP contribution in [0.3, 0.4) is 0 Å². The highest BCUT2D eigenvalue weighted by molar-refractivity contribution is 7.14. The van der Waals surface area contributed by atoms with Crippen LogP contribution in [0, 0.1) is 0 Å². The van der Waals surface area contributed by atoms with Crippen molar-refractivity contribution in [1.82, 2.24) is 14.3 Å². The van der Waals surface area contributed by atoms with Crippen LogP contribution in [0.2, 0.25) is 0 Å². The minimum Gasteiger partial charge on any atom is -0.368 e. The molecule has 0 spiro atoms. The summed E-state index contributed by atoms with van der Waals surface area (Å²) in [5, 5.41) is 0. The van der Waals surface area contributed by atoms with Gasteiger partial charge in [0.1, 0.15) is 22.2 Å². The molecule has 0 unspecified atom stereocenters. The number of aromatic nitrogens is 3. The Hall–Kier alpha value is -2.99. The fraction of sp³-hybridized carbons (Fsp3) is 0.190. The Kier molecular flexibility index (Phi) is 4.18. The van der Waals surface area contributed by atoms with Crippen LogP contribution in [0.1, 0.15) is 0 Å². The first kappa shape index (κ1) is 16.2. The highest BCUT2D eigenvalue weighted by atomic mass is 32.1. The monoisotopic (exact) mass is 373 g/mol. The smallest absolute Gasteiger partial charge is 0.151 e. The Labute approximate surface area is 162 Å². The SMILES string of the molecule is c1ccc(-c2nsc3c(N4CCN(c5ccccc5)CC4)ncnc23)cc1. The number of fused-ring (bicyclic) bond motifs is 1. The van der Waals surface area contributed by atoms with Crippen molar-refractivity contribution in [1.29, 1.82) is 0 Å². The molecule has 5 nitrogen and oxygen atoms in total. The number of anilines is 2. The summed E-state index contributed by atoms with van der Waals surface area (Å²) in [7, 11) is 0. The van der Waals surface area contributed by atoms with Crippen molar-refractivity contribution in [3.8, 4) is 11.3 Å². The van der Waals surface area contributed by atoms with Crippen molar-refractivity contribution in [3.63, 3.8) is 0 Å². The van der Waals surface area contributed by atoms with Gasteiger partial charge in [-0.05, 0) is 23.7 Å². The molecular formula is C21H19N5S. The van der Waals surface area contributed by atoms with E-state index in [4.69, 9.17) is 0 Å². The van der Waals surface area contributed by atoms with Gasteiger partial charge >= 0.3 is 0 Å². The normalized spacial score (nSPS) is 14.7. The maximum atomic E-state index is 4.69. The molecule has 1 aliphatic rings. The molecule has 5 rings (SSSR count). The summed E-state index contributed by atoms with van der Waals surface area (Å²) in [5.41, 5.74) is 4.28. The quantitative estimate of drug-likeness (QED) is 0.541. The highest BCUT2D eigenvalue weighted by Crippen LogP contribution is 2.34. The summed E-state index contributed by atoms with van der Waals surface area (Å²) < 4.78 is 5.76. The molecule has 1 saturated heterocycles. The van der Waals surface area contributed by atoms with E-state index in [1.54, 1.807) is 6.33 Å². The predicted molar refractivity (Wildman–Crippen MR) is 112 cm³/mol. The summed E-state index contributed by atoms with van der Waals surface area (Å²) in [6.45, 7) is 3.86. The number of hydrogen-bond acceptors (Lipinski definition) is 6. The Balaban J connectivity index is 1.42. The van der Waals surface area contributed by atoms with Crippen LogP contribution in [-0.2, 0) is 0 Å². The molecule has 0 N–H and O–H groups in total. The van der Waals surface area contributed by atoms with Gasteiger partial charge in [0.05, 0.1) is 0 Å². The molecule has 0 radical (unpaired) electrons. The van der Waals surface area contributed by atoms with E-state index in [0.717, 1.165) is 53.5 Å². The number of para-hydroxylation sites is 1. The van der Waals surface area contributed by atoms with E-state index in [-0.39, 0.29) is 0 Å². The third-order valence-electron chi connectivity index (χ3n) is 4.99. The van der Waals surface area contributed by atoms with E-state index < -0.39 is 0 Å². The summed E-state index contributed by atoms with van der Waals surface area (Å²) in [6, 6.07) is 20.8. The zero-order valence-electron chi connectivity index (χ0n) is 14.8. The fourth-order valence-electron chi connectivity index (χ4n) is 3.58. The second kappa shape index (κ2) is 6.96. The molecular weight excluding hydrogens is 354 g/mol. The molecule has 1 fully saturated rings. The maximum Gasteiger partial charge on any atom is 0.151 e. The van der Waals surface area contributed by atoms with Crippen LogP contribution in [0.15, 0.2) is 67.0 Å². The Morgan fingerprint density at radius 3 is 2.15 bits per heavy atom. The molecule has 1 aliphatic heterocycles. The van der Waals surface area contributed by atoms with Crippen molar-refractivity contribution in [2.24, 2.45) is 0 Å². The molecule has 6 heteroatoms. The second-order valence-corrected chi connectivity index (χ2v) is 7.36. The molecule has 0 amide bonds. The first-order valence-corrected chi connectivity index (χ1v) is 9.88. The average molecular weight is 373 g/mol. The summed E-state index contributed by atoms with van der Waals surface area (Å²) in [4.78, 5) is 13.9. The number of benzene rings is 2. The van der Waals surface area contributed by atoms with Gasteiger partial charge in [-0.2, -0.15) is 4.37 Å². The van der Waals surface area contributed by atoms with E-state index in [1.165, 1.54) is 17.2 Å². The van der Waals surface area contributed by atoms with Crippen molar-refractivity contribution in [2.45, 2.75) is 0 Å². The lowest BCUT2D eigenvalue weighted by Crippen LogP contribution is -2.46. The largest absolute Gasteiger partial charge is 0.368 e. The van der Waals surface area contributed by atoms with E-state index in [1.807, 2.05) is 18.2 Å². The van der Waals surface area contributed by atoms with E-state index >= 15 is 0 Å². The maximum absolute atomic E-state index is 4.69. The molecule has 0 saturated carbocycles. The van der Waals surface area contributed by atoms with Gasteiger partial charge in [-0.25, -0.2) is 9.97 Å². The second-order valence-electron chi connectivity index (χ2n) is 6.58. The van der Waals surface area contributed by atoms with Gasteiger partial charge in [-0.1, -0.05) is 48.5 Å². The summed E-state index contributed by atoms with van der Waals surface area (Å²) in [5.74, 6) is 1.01. The van der Waals surface area contributed by atoms with Crippen molar-refractivity contribution in [2.75, 3.05) is 36.0 Å². The number of rotatable bonds is 3. The Bertz CT molecular complexity index is 1040. The number of hydrogen-bond donors (Lipinski definition) is 0. The van der Waals surface area contributed by atoms with E-state index in [2.05, 4.69) is 66.6 Å². The standard InChI is InChI=1S/C21H19N5S/c1-3-7-16(8-4-1)18-19-20(27-24-18)21(23-15-22-19)26-13-11-25(12-14-26)17-9-5-2-6-10-17/h1-10,15H,11-14H2. The molecule has 134 valence electrons. The molecule has 2 aromatic heterocycles. The topological polar surface area (TPSA) is 45.2 Å². The average Bonchev–Trinajstić information content (AvgIpc) is 3.19. The summed E-state index contributed by atoms with van der Waals surface area (Å²) in [6.07, 6.45) is 1.67. The number of piperazine rings is 1. The third kappa shape index (κ3) is 3.02. The number of nitrogens with zero attached hydrogens (tertiary/aromatic N) is 5. The van der Waals surface area contributed by atoms with Crippen LogP contribution in [0.5, 0.6) is 0 Å². The van der Waals surface area contributed by atoms with Gasteiger partial charge in [-0.3, -0.25) is 0 Å². The first-order valence-electron chi connectivity index (χ1n) is 9.11. The summed E-state index contributed by atoms with van der Waals surface area (Å²) >= 11 is 1.50. The van der Waals surface area contributed by atoms with Crippen molar-refractivity contribution < 1.29 is 0 Å². The van der Waals surface area contributed by atoms with Gasteiger partial charge in [0, 0.05) is 37.4 Å². The predicted octanol–water partition coefficient (Wildman–Crippen LogP) is 4.08. The van der Waals surface area contributed by atoms with Gasteiger partial charge in [0.2, 0.25) is 0 Å². The lowest BCUT2D eigenvalue weighted by molar-refractivity contribution is 0.649. The van der Waals surface area contributed by atoms with Crippen molar-refractivity contribution >= 4 is 33.3 Å². The molecule has 0 aliphatic carbocycles. The molecule has 2 aromatic carbocycles. The van der Waals surface area contributed by atoms with E-state index in [9.17, 15) is 0 Å². The minimum atomic E-state index is 0.944. The van der Waals surface area contributed by atoms with Crippen LogP contribution in [-0.4, -0.2) is 40.5 Å². The molecule has 0 bridgehead atoms. The molecule has 3 heterocycles. The van der Waals surface area contributed by atoms with Gasteiger partial charge < -0.3 is 9.80 Å². The lowest BCUT2D eigenvalue weighted by atomic mass is 10.1. The van der Waals surface area contributed by atoms with Gasteiger partial charge in [0.25, 0.3) is 0 Å². The van der Waals surface area contributed by atoms with E-state index in [0.29, 0.717) is 0 Å². The molecule has 27 heavy (non-hydrogen) atoms. The van der Waals surface area contributed by atoms with Crippen LogP contribution >= 0.6 is 11.5 Å². The van der Waals surface area contributed by atoms with Crippen molar-refractivity contribution in [3.05, 3.63) is 67.0 Å². The Morgan fingerprint density at radius 2 is 1.41 bits per heavy atom. The molecule has 4 aromatic rings. The zero-order valence-corrected chi connectivity index (χ0v) is 15.6. The zero-order chi connectivity index (χ0) is 18.1. The van der Waals surface area contributed by atoms with Crippen LogP contribution in [0.25, 0.3) is 21.5 Å². The minimum absolute atomic E-state index is 0.944. The Morgan fingerprint density at radius 1 is 0.741 bits per heavy atom. The fourth-order valence-corrected chi connectivity index (χ4v) is 4.45. The third-order valence-corrected chi connectivity index (χ3v) is 5.82. The first-order chi connectivity index (χ1) is 13.4. The lowest BCUT2D eigenvalue weighted by Gasteiger charge is -2.36.